The highest BCUT2D eigenvalue weighted by atomic mass is 19.1. The van der Waals surface area contributed by atoms with Crippen LogP contribution < -0.4 is 15.0 Å². The summed E-state index contributed by atoms with van der Waals surface area (Å²) in [4.78, 5) is 27.5. The Hall–Kier alpha value is -3.23. The van der Waals surface area contributed by atoms with Crippen LogP contribution in [0, 0.1) is 5.92 Å². The molecule has 0 aliphatic heterocycles. The van der Waals surface area contributed by atoms with Gasteiger partial charge in [0.15, 0.2) is 5.82 Å². The molecule has 1 saturated carbocycles. The first-order valence-corrected chi connectivity index (χ1v) is 9.46. The van der Waals surface area contributed by atoms with Crippen molar-refractivity contribution in [2.24, 2.45) is 13.0 Å². The van der Waals surface area contributed by atoms with Crippen LogP contribution in [-0.4, -0.2) is 45.8 Å². The van der Waals surface area contributed by atoms with Crippen LogP contribution in [0.4, 0.5) is 21.7 Å². The molecule has 3 heterocycles. The van der Waals surface area contributed by atoms with E-state index in [1.807, 2.05) is 42.6 Å². The molecule has 1 fully saturated rings. The fourth-order valence-corrected chi connectivity index (χ4v) is 3.29. The van der Waals surface area contributed by atoms with Gasteiger partial charge in [-0.05, 0) is 18.4 Å². The van der Waals surface area contributed by atoms with E-state index >= 15 is 0 Å². The number of alkyl halides is 1. The van der Waals surface area contributed by atoms with Crippen LogP contribution in [0.5, 0.6) is 5.88 Å². The molecule has 3 aromatic heterocycles. The van der Waals surface area contributed by atoms with Crippen molar-refractivity contribution in [1.82, 2.24) is 19.5 Å². The van der Waals surface area contributed by atoms with Crippen LogP contribution in [0.1, 0.15) is 18.9 Å². The third-order valence-electron chi connectivity index (χ3n) is 5.22. The van der Waals surface area contributed by atoms with Crippen LogP contribution >= 0.6 is 0 Å². The van der Waals surface area contributed by atoms with Gasteiger partial charge >= 0.3 is 0 Å². The van der Waals surface area contributed by atoms with Crippen molar-refractivity contribution in [3.05, 3.63) is 30.2 Å². The van der Waals surface area contributed by atoms with Gasteiger partial charge in [-0.25, -0.2) is 19.3 Å². The summed E-state index contributed by atoms with van der Waals surface area (Å²) in [6, 6.07) is 3.75. The van der Waals surface area contributed by atoms with Gasteiger partial charge < -0.3 is 19.5 Å². The molecular formula is C20H23FN6O2. The van der Waals surface area contributed by atoms with Gasteiger partial charge in [0.25, 0.3) is 0 Å². The molecule has 152 valence electrons. The van der Waals surface area contributed by atoms with Gasteiger partial charge in [0.05, 0.1) is 30.6 Å². The minimum absolute atomic E-state index is 0.257. The summed E-state index contributed by atoms with van der Waals surface area (Å²) in [6.07, 6.45) is 3.41. The molecule has 0 saturated heterocycles. The van der Waals surface area contributed by atoms with E-state index in [4.69, 9.17) is 4.74 Å². The molecule has 4 rings (SSSR count). The lowest BCUT2D eigenvalue weighted by atomic mass is 10.1. The second kappa shape index (κ2) is 7.31. The smallest absolute Gasteiger partial charge is 0.231 e. The lowest BCUT2D eigenvalue weighted by molar-refractivity contribution is -0.117. The molecular weight excluding hydrogens is 375 g/mol. The zero-order chi connectivity index (χ0) is 20.7. The first-order valence-electron chi connectivity index (χ1n) is 9.46. The fraction of sp³-hybridized carbons (Fsp3) is 0.400. The number of rotatable bonds is 6. The van der Waals surface area contributed by atoms with Crippen LogP contribution in [0.15, 0.2) is 24.7 Å². The topological polar surface area (TPSA) is 85.2 Å². The summed E-state index contributed by atoms with van der Waals surface area (Å²) in [7, 11) is 5.33. The summed E-state index contributed by atoms with van der Waals surface area (Å²) >= 11 is 0. The molecule has 8 nitrogen and oxygen atoms in total. The van der Waals surface area contributed by atoms with E-state index in [0.717, 1.165) is 23.2 Å². The van der Waals surface area contributed by atoms with Crippen LogP contribution in [0.25, 0.3) is 11.0 Å². The standard InChI is InChI=1S/C20H23FN6O2/c1-5-11-9-22-17(29-4)8-14(11)27(3)16-7-15-18(23-10-26(15)2)19(24-16)25-20(28)12-6-13(12)21/h7-10,12-13H,5-6H2,1-4H3,(H,24,25,28)/t12-,13+/m0/s1. The molecule has 0 aromatic carbocycles. The summed E-state index contributed by atoms with van der Waals surface area (Å²) in [6.45, 7) is 2.05. The summed E-state index contributed by atoms with van der Waals surface area (Å²) in [5.74, 6) is 0.478. The van der Waals surface area contributed by atoms with Gasteiger partial charge in [-0.3, -0.25) is 4.79 Å². The highest BCUT2D eigenvalue weighted by Gasteiger charge is 2.44. The lowest BCUT2D eigenvalue weighted by Gasteiger charge is -2.22. The predicted octanol–water partition coefficient (Wildman–Crippen LogP) is 3.00. The Bertz CT molecular complexity index is 1080. The van der Waals surface area contributed by atoms with Crippen molar-refractivity contribution in [2.45, 2.75) is 25.9 Å². The van der Waals surface area contributed by atoms with Gasteiger partial charge in [-0.1, -0.05) is 6.92 Å². The number of amides is 1. The Kier molecular flexibility index (Phi) is 4.81. The normalized spacial score (nSPS) is 18.0. The molecule has 29 heavy (non-hydrogen) atoms. The van der Waals surface area contributed by atoms with E-state index in [1.165, 1.54) is 0 Å². The maximum atomic E-state index is 13.3. The van der Waals surface area contributed by atoms with E-state index in [1.54, 1.807) is 19.6 Å². The quantitative estimate of drug-likeness (QED) is 0.687. The van der Waals surface area contributed by atoms with E-state index in [9.17, 15) is 9.18 Å². The third-order valence-corrected chi connectivity index (χ3v) is 5.22. The van der Waals surface area contributed by atoms with Crippen molar-refractivity contribution >= 4 is 34.3 Å². The molecule has 1 amide bonds. The highest BCUT2D eigenvalue weighted by molar-refractivity contribution is 6.01. The maximum Gasteiger partial charge on any atom is 0.231 e. The number of aryl methyl sites for hydroxylation is 2. The van der Waals surface area contributed by atoms with Gasteiger partial charge in [-0.15, -0.1) is 0 Å². The van der Waals surface area contributed by atoms with Gasteiger partial charge in [0, 0.05) is 32.4 Å². The Morgan fingerprint density at radius 1 is 1.41 bits per heavy atom. The number of pyridine rings is 2. The highest BCUT2D eigenvalue weighted by Crippen LogP contribution is 2.36. The Balaban J connectivity index is 1.77. The van der Waals surface area contributed by atoms with Crippen molar-refractivity contribution in [3.63, 3.8) is 0 Å². The SMILES string of the molecule is CCc1cnc(OC)cc1N(C)c1cc2c(ncn2C)c(NC(=O)[C@H]2C[C@H]2F)n1. The number of halogens is 1. The second-order valence-corrected chi connectivity index (χ2v) is 7.17. The van der Waals surface area contributed by atoms with Crippen molar-refractivity contribution in [1.29, 1.82) is 0 Å². The predicted molar refractivity (Wildman–Crippen MR) is 108 cm³/mol. The zero-order valence-corrected chi connectivity index (χ0v) is 16.8. The summed E-state index contributed by atoms with van der Waals surface area (Å²) < 4.78 is 20.4. The number of methoxy groups -OCH3 is 1. The number of carbonyl (C=O) groups excluding carboxylic acids is 1. The molecule has 2 atom stereocenters. The summed E-state index contributed by atoms with van der Waals surface area (Å²) in [5, 5.41) is 2.76. The molecule has 1 aliphatic carbocycles. The summed E-state index contributed by atoms with van der Waals surface area (Å²) in [5.41, 5.74) is 3.31. The third kappa shape index (κ3) is 3.48. The average Bonchev–Trinajstić information content (AvgIpc) is 3.36. The molecule has 1 N–H and O–H groups in total. The molecule has 0 unspecified atom stereocenters. The monoisotopic (exact) mass is 398 g/mol. The van der Waals surface area contributed by atoms with Crippen molar-refractivity contribution in [2.75, 3.05) is 24.4 Å². The number of nitrogens with zero attached hydrogens (tertiary/aromatic N) is 5. The molecule has 0 bridgehead atoms. The average molecular weight is 398 g/mol. The number of anilines is 3. The number of hydrogen-bond donors (Lipinski definition) is 1. The number of ether oxygens (including phenoxy) is 1. The minimum atomic E-state index is -1.07. The fourth-order valence-electron chi connectivity index (χ4n) is 3.29. The largest absolute Gasteiger partial charge is 0.481 e. The van der Waals surface area contributed by atoms with E-state index < -0.39 is 12.1 Å². The maximum absolute atomic E-state index is 13.3. The molecule has 3 aromatic rings. The van der Waals surface area contributed by atoms with E-state index in [-0.39, 0.29) is 12.3 Å². The van der Waals surface area contributed by atoms with Crippen LogP contribution in [0.3, 0.4) is 0 Å². The number of aromatic nitrogens is 4. The number of hydrogen-bond acceptors (Lipinski definition) is 6. The first kappa shape index (κ1) is 19.1. The van der Waals surface area contributed by atoms with Crippen molar-refractivity contribution < 1.29 is 13.9 Å². The lowest BCUT2D eigenvalue weighted by Crippen LogP contribution is -2.19. The van der Waals surface area contributed by atoms with Gasteiger partial charge in [0.2, 0.25) is 11.8 Å². The minimum Gasteiger partial charge on any atom is -0.481 e. The van der Waals surface area contributed by atoms with Crippen molar-refractivity contribution in [3.8, 4) is 5.88 Å². The number of carbonyl (C=O) groups is 1. The number of nitrogens with one attached hydrogen (secondary N) is 1. The molecule has 0 spiro atoms. The zero-order valence-electron chi connectivity index (χ0n) is 16.8. The van der Waals surface area contributed by atoms with Gasteiger partial charge in [-0.2, -0.15) is 0 Å². The van der Waals surface area contributed by atoms with E-state index in [2.05, 4.69) is 20.3 Å². The molecule has 0 radical (unpaired) electrons. The molecule has 9 heteroatoms. The Labute approximate surface area is 167 Å². The number of fused-ring (bicyclic) bond motifs is 1. The second-order valence-electron chi connectivity index (χ2n) is 7.17. The van der Waals surface area contributed by atoms with Gasteiger partial charge in [0.1, 0.15) is 17.5 Å². The van der Waals surface area contributed by atoms with Crippen LogP contribution in [0.2, 0.25) is 0 Å². The van der Waals surface area contributed by atoms with E-state index in [0.29, 0.717) is 23.0 Å². The number of imidazole rings is 1. The molecule has 1 aliphatic rings. The van der Waals surface area contributed by atoms with Crippen LogP contribution in [-0.2, 0) is 18.3 Å². The first-order chi connectivity index (χ1) is 13.9. The Morgan fingerprint density at radius 3 is 2.83 bits per heavy atom. The Morgan fingerprint density at radius 2 is 2.17 bits per heavy atom.